The second-order valence-electron chi connectivity index (χ2n) is 4.91. The second kappa shape index (κ2) is 8.40. The minimum Gasteiger partial charge on any atom is -0.381 e. The Balaban J connectivity index is 2.05. The third-order valence-corrected chi connectivity index (χ3v) is 3.32. The van der Waals surface area contributed by atoms with Gasteiger partial charge in [-0.15, -0.1) is 0 Å². The molecular weight excluding hydrogens is 216 g/mol. The summed E-state index contributed by atoms with van der Waals surface area (Å²) in [7, 11) is 0. The summed E-state index contributed by atoms with van der Waals surface area (Å²) in [5, 5.41) is 0. The van der Waals surface area contributed by atoms with Crippen LogP contribution in [-0.4, -0.2) is 24.8 Å². The number of unbranched alkanes of at least 4 members (excludes halogenated alkanes) is 4. The maximum atomic E-state index is 11.7. The van der Waals surface area contributed by atoms with E-state index in [4.69, 9.17) is 4.74 Å². The van der Waals surface area contributed by atoms with Gasteiger partial charge in [0.1, 0.15) is 11.6 Å². The number of ether oxygens (including phenoxy) is 1. The molecule has 0 spiro atoms. The Hall–Kier alpha value is -0.700. The molecule has 0 N–H and O–H groups in total. The van der Waals surface area contributed by atoms with Gasteiger partial charge in [0.05, 0.1) is 13.0 Å². The topological polar surface area (TPSA) is 43.4 Å². The van der Waals surface area contributed by atoms with E-state index in [2.05, 4.69) is 6.92 Å². The SMILES string of the molecule is CCCCCCCC(=O)CC(=O)C1CCOC1. The molecule has 3 heteroatoms. The summed E-state index contributed by atoms with van der Waals surface area (Å²) in [4.78, 5) is 23.3. The van der Waals surface area contributed by atoms with Gasteiger partial charge in [-0.3, -0.25) is 9.59 Å². The number of hydrogen-bond donors (Lipinski definition) is 0. The molecule has 0 bridgehead atoms. The van der Waals surface area contributed by atoms with Gasteiger partial charge in [-0.05, 0) is 12.8 Å². The molecule has 0 aliphatic carbocycles. The number of carbonyl (C=O) groups excluding carboxylic acids is 2. The zero-order valence-corrected chi connectivity index (χ0v) is 10.9. The van der Waals surface area contributed by atoms with Gasteiger partial charge in [0.25, 0.3) is 0 Å². The minimum atomic E-state index is -0.0148. The molecule has 3 nitrogen and oxygen atoms in total. The first kappa shape index (κ1) is 14.4. The van der Waals surface area contributed by atoms with E-state index in [9.17, 15) is 9.59 Å². The summed E-state index contributed by atoms with van der Waals surface area (Å²) in [6.07, 6.45) is 7.20. The van der Waals surface area contributed by atoms with Gasteiger partial charge in [0.15, 0.2) is 0 Å². The fraction of sp³-hybridized carbons (Fsp3) is 0.857. The number of carbonyl (C=O) groups is 2. The highest BCUT2D eigenvalue weighted by molar-refractivity contribution is 6.00. The molecule has 0 radical (unpaired) electrons. The third kappa shape index (κ3) is 5.97. The third-order valence-electron chi connectivity index (χ3n) is 3.32. The Bertz CT molecular complexity index is 242. The average Bonchev–Trinajstić information content (AvgIpc) is 2.82. The lowest BCUT2D eigenvalue weighted by molar-refractivity contribution is -0.129. The first-order valence-corrected chi connectivity index (χ1v) is 6.86. The Morgan fingerprint density at radius 1 is 1.18 bits per heavy atom. The largest absolute Gasteiger partial charge is 0.381 e. The van der Waals surface area contributed by atoms with E-state index in [0.29, 0.717) is 19.6 Å². The van der Waals surface area contributed by atoms with E-state index in [1.165, 1.54) is 19.3 Å². The zero-order valence-electron chi connectivity index (χ0n) is 10.9. The van der Waals surface area contributed by atoms with E-state index in [1.807, 2.05) is 0 Å². The molecule has 1 rings (SSSR count). The van der Waals surface area contributed by atoms with Crippen LogP contribution in [0.2, 0.25) is 0 Å². The van der Waals surface area contributed by atoms with Crippen LogP contribution in [0, 0.1) is 5.92 Å². The Morgan fingerprint density at radius 3 is 2.59 bits per heavy atom. The lowest BCUT2D eigenvalue weighted by atomic mass is 9.97. The van der Waals surface area contributed by atoms with Crippen molar-refractivity contribution in [1.29, 1.82) is 0 Å². The van der Waals surface area contributed by atoms with Gasteiger partial charge in [0, 0.05) is 18.9 Å². The number of Topliss-reactive ketones (excluding diaryl/α,β-unsaturated/α-hetero) is 2. The summed E-state index contributed by atoms with van der Waals surface area (Å²) in [6.45, 7) is 3.36. The highest BCUT2D eigenvalue weighted by Crippen LogP contribution is 2.16. The summed E-state index contributed by atoms with van der Waals surface area (Å²) >= 11 is 0. The molecule has 0 saturated carbocycles. The van der Waals surface area contributed by atoms with Crippen molar-refractivity contribution in [3.8, 4) is 0 Å². The first-order chi connectivity index (χ1) is 8.24. The van der Waals surface area contributed by atoms with E-state index < -0.39 is 0 Å². The highest BCUT2D eigenvalue weighted by Gasteiger charge is 2.24. The van der Waals surface area contributed by atoms with Gasteiger partial charge in [-0.2, -0.15) is 0 Å². The number of rotatable bonds is 9. The predicted molar refractivity (Wildman–Crippen MR) is 66.9 cm³/mol. The molecular formula is C14H24O3. The summed E-state index contributed by atoms with van der Waals surface area (Å²) in [5.41, 5.74) is 0. The quantitative estimate of drug-likeness (QED) is 0.460. The molecule has 0 aromatic rings. The van der Waals surface area contributed by atoms with Crippen LogP contribution in [0.3, 0.4) is 0 Å². The van der Waals surface area contributed by atoms with Gasteiger partial charge in [0.2, 0.25) is 0 Å². The standard InChI is InChI=1S/C14H24O3/c1-2-3-4-5-6-7-13(15)10-14(16)12-8-9-17-11-12/h12H,2-11H2,1H3. The summed E-state index contributed by atoms with van der Waals surface area (Å²) < 4.78 is 5.15. The van der Waals surface area contributed by atoms with Crippen molar-refractivity contribution in [3.63, 3.8) is 0 Å². The summed E-state index contributed by atoms with van der Waals surface area (Å²) in [6, 6.07) is 0. The second-order valence-corrected chi connectivity index (χ2v) is 4.91. The van der Waals surface area contributed by atoms with Crippen molar-refractivity contribution in [2.45, 2.75) is 58.3 Å². The van der Waals surface area contributed by atoms with E-state index in [1.54, 1.807) is 0 Å². The number of hydrogen-bond acceptors (Lipinski definition) is 3. The van der Waals surface area contributed by atoms with Gasteiger partial charge in [-0.25, -0.2) is 0 Å². The lowest BCUT2D eigenvalue weighted by Gasteiger charge is -2.05. The smallest absolute Gasteiger partial charge is 0.145 e. The van der Waals surface area contributed by atoms with Crippen molar-refractivity contribution < 1.29 is 14.3 Å². The molecule has 0 aromatic carbocycles. The maximum absolute atomic E-state index is 11.7. The molecule has 1 unspecified atom stereocenters. The Labute approximate surface area is 104 Å². The van der Waals surface area contributed by atoms with E-state index in [0.717, 1.165) is 19.3 Å². The maximum Gasteiger partial charge on any atom is 0.145 e. The normalized spacial score (nSPS) is 19.5. The zero-order chi connectivity index (χ0) is 12.5. The van der Waals surface area contributed by atoms with Crippen molar-refractivity contribution >= 4 is 11.6 Å². The number of ketones is 2. The van der Waals surface area contributed by atoms with Gasteiger partial charge < -0.3 is 4.74 Å². The molecule has 17 heavy (non-hydrogen) atoms. The average molecular weight is 240 g/mol. The first-order valence-electron chi connectivity index (χ1n) is 6.86. The molecule has 1 heterocycles. The van der Waals surface area contributed by atoms with Gasteiger partial charge in [-0.1, -0.05) is 32.6 Å². The molecule has 1 aliphatic rings. The lowest BCUT2D eigenvalue weighted by Crippen LogP contribution is -2.18. The van der Waals surface area contributed by atoms with E-state index >= 15 is 0 Å². The Morgan fingerprint density at radius 2 is 1.94 bits per heavy atom. The van der Waals surface area contributed by atoms with Crippen molar-refractivity contribution in [3.05, 3.63) is 0 Å². The monoisotopic (exact) mass is 240 g/mol. The van der Waals surface area contributed by atoms with Crippen molar-refractivity contribution in [2.75, 3.05) is 13.2 Å². The molecule has 0 aromatic heterocycles. The highest BCUT2D eigenvalue weighted by atomic mass is 16.5. The predicted octanol–water partition coefficient (Wildman–Crippen LogP) is 2.91. The van der Waals surface area contributed by atoms with Crippen LogP contribution in [0.15, 0.2) is 0 Å². The van der Waals surface area contributed by atoms with Crippen molar-refractivity contribution in [1.82, 2.24) is 0 Å². The molecule has 1 saturated heterocycles. The van der Waals surface area contributed by atoms with Crippen molar-refractivity contribution in [2.24, 2.45) is 5.92 Å². The minimum absolute atomic E-state index is 0.0148. The van der Waals surface area contributed by atoms with Crippen LogP contribution in [0.1, 0.15) is 58.3 Å². The Kier molecular flexibility index (Phi) is 7.10. The van der Waals surface area contributed by atoms with Gasteiger partial charge >= 0.3 is 0 Å². The molecule has 0 amide bonds. The van der Waals surface area contributed by atoms with Crippen LogP contribution in [-0.2, 0) is 14.3 Å². The van der Waals surface area contributed by atoms with Crippen LogP contribution in [0.4, 0.5) is 0 Å². The van der Waals surface area contributed by atoms with Crippen LogP contribution >= 0.6 is 0 Å². The molecule has 1 fully saturated rings. The van der Waals surface area contributed by atoms with Crippen LogP contribution in [0.5, 0.6) is 0 Å². The van der Waals surface area contributed by atoms with E-state index in [-0.39, 0.29) is 23.9 Å². The summed E-state index contributed by atoms with van der Waals surface area (Å²) in [5.74, 6) is 0.179. The fourth-order valence-corrected chi connectivity index (χ4v) is 2.14. The molecule has 1 atom stereocenters. The van der Waals surface area contributed by atoms with Crippen LogP contribution in [0.25, 0.3) is 0 Å². The molecule has 1 aliphatic heterocycles. The molecule has 98 valence electrons. The van der Waals surface area contributed by atoms with Crippen LogP contribution < -0.4 is 0 Å². The fourth-order valence-electron chi connectivity index (χ4n) is 2.14.